The Balaban J connectivity index is 3.12. The number of halogens is 2. The van der Waals surface area contributed by atoms with Gasteiger partial charge in [-0.25, -0.2) is 13.6 Å². The number of anilines is 1. The van der Waals surface area contributed by atoms with Gasteiger partial charge in [-0.15, -0.1) is 0 Å². The molecular weight excluding hydrogens is 204 g/mol. The van der Waals surface area contributed by atoms with Gasteiger partial charge >= 0.3 is 6.09 Å². The Kier molecular flexibility index (Phi) is 3.24. The van der Waals surface area contributed by atoms with Crippen molar-refractivity contribution in [3.8, 4) is 0 Å². The van der Waals surface area contributed by atoms with Crippen molar-refractivity contribution in [3.63, 3.8) is 0 Å². The first-order valence-electron chi connectivity index (χ1n) is 4.40. The molecule has 0 saturated carbocycles. The van der Waals surface area contributed by atoms with Crippen molar-refractivity contribution >= 4 is 11.8 Å². The first-order chi connectivity index (χ1) is 6.93. The number of nitrogens with zero attached hydrogens (tertiary/aromatic N) is 1. The molecule has 0 heterocycles. The Morgan fingerprint density at radius 1 is 1.33 bits per heavy atom. The highest BCUT2D eigenvalue weighted by molar-refractivity contribution is 5.86. The molecular formula is C10H11F2NO2. The van der Waals surface area contributed by atoms with Crippen LogP contribution in [0.5, 0.6) is 0 Å². The molecule has 3 nitrogen and oxygen atoms in total. The van der Waals surface area contributed by atoms with Gasteiger partial charge in [-0.2, -0.15) is 0 Å². The largest absolute Gasteiger partial charge is 0.465 e. The van der Waals surface area contributed by atoms with E-state index in [0.29, 0.717) is 0 Å². The summed E-state index contributed by atoms with van der Waals surface area (Å²) in [5, 5.41) is 8.87. The Morgan fingerprint density at radius 3 is 2.33 bits per heavy atom. The van der Waals surface area contributed by atoms with Crippen molar-refractivity contribution in [2.45, 2.75) is 19.9 Å². The highest BCUT2D eigenvalue weighted by Crippen LogP contribution is 2.20. The summed E-state index contributed by atoms with van der Waals surface area (Å²) in [6.07, 6.45) is -1.20. The number of carbonyl (C=O) groups is 1. The van der Waals surface area contributed by atoms with E-state index in [0.717, 1.165) is 17.0 Å². The summed E-state index contributed by atoms with van der Waals surface area (Å²) in [5.74, 6) is -2.05. The van der Waals surface area contributed by atoms with E-state index in [2.05, 4.69) is 0 Å². The number of amides is 1. The fraction of sp³-hybridized carbons (Fsp3) is 0.300. The molecule has 0 radical (unpaired) electrons. The van der Waals surface area contributed by atoms with Crippen LogP contribution in [0.2, 0.25) is 0 Å². The van der Waals surface area contributed by atoms with Crippen molar-refractivity contribution in [1.82, 2.24) is 0 Å². The van der Waals surface area contributed by atoms with Crippen LogP contribution in [0.1, 0.15) is 13.8 Å². The SMILES string of the molecule is CC(C)N(C(=O)O)c1ccc(F)c(F)c1. The van der Waals surface area contributed by atoms with Gasteiger partial charge in [0.05, 0.1) is 5.69 Å². The molecule has 0 aliphatic carbocycles. The molecule has 0 fully saturated rings. The van der Waals surface area contributed by atoms with Gasteiger partial charge in [0.25, 0.3) is 0 Å². The zero-order chi connectivity index (χ0) is 11.6. The van der Waals surface area contributed by atoms with Crippen LogP contribution in [-0.4, -0.2) is 17.2 Å². The second kappa shape index (κ2) is 4.25. The summed E-state index contributed by atoms with van der Waals surface area (Å²) in [6.45, 7) is 3.30. The number of hydrogen-bond donors (Lipinski definition) is 1. The Labute approximate surface area is 85.9 Å². The minimum atomic E-state index is -1.20. The molecule has 1 rings (SSSR count). The van der Waals surface area contributed by atoms with Crippen LogP contribution < -0.4 is 4.90 Å². The molecule has 0 unspecified atom stereocenters. The molecule has 1 amide bonds. The predicted molar refractivity (Wildman–Crippen MR) is 52.0 cm³/mol. The summed E-state index contributed by atoms with van der Waals surface area (Å²) in [6, 6.07) is 2.66. The Hall–Kier alpha value is -1.65. The minimum Gasteiger partial charge on any atom is -0.465 e. The normalized spacial score (nSPS) is 10.5. The van der Waals surface area contributed by atoms with Crippen LogP contribution in [0.25, 0.3) is 0 Å². The topological polar surface area (TPSA) is 40.5 Å². The lowest BCUT2D eigenvalue weighted by atomic mass is 10.2. The zero-order valence-electron chi connectivity index (χ0n) is 8.37. The fourth-order valence-corrected chi connectivity index (χ4v) is 1.26. The Morgan fingerprint density at radius 2 is 1.93 bits per heavy atom. The van der Waals surface area contributed by atoms with Crippen LogP contribution in [0.3, 0.4) is 0 Å². The second-order valence-electron chi connectivity index (χ2n) is 3.34. The van der Waals surface area contributed by atoms with Gasteiger partial charge in [0.1, 0.15) is 0 Å². The van der Waals surface area contributed by atoms with Crippen molar-refractivity contribution < 1.29 is 18.7 Å². The van der Waals surface area contributed by atoms with E-state index in [1.54, 1.807) is 13.8 Å². The van der Waals surface area contributed by atoms with Crippen LogP contribution in [-0.2, 0) is 0 Å². The van der Waals surface area contributed by atoms with Gasteiger partial charge in [-0.1, -0.05) is 0 Å². The van der Waals surface area contributed by atoms with Crippen molar-refractivity contribution in [2.75, 3.05) is 4.90 Å². The molecule has 5 heteroatoms. The molecule has 82 valence electrons. The number of carboxylic acid groups (broad SMARTS) is 1. The number of benzene rings is 1. The molecule has 1 aromatic rings. The maximum atomic E-state index is 12.9. The van der Waals surface area contributed by atoms with E-state index in [4.69, 9.17) is 5.11 Å². The molecule has 0 aromatic heterocycles. The van der Waals surface area contributed by atoms with Crippen molar-refractivity contribution in [3.05, 3.63) is 29.8 Å². The standard InChI is InChI=1S/C10H11F2NO2/c1-6(2)13(10(14)15)7-3-4-8(11)9(12)5-7/h3-6H,1-2H3,(H,14,15). The lowest BCUT2D eigenvalue weighted by Crippen LogP contribution is -2.35. The van der Waals surface area contributed by atoms with Gasteiger partial charge in [-0.3, -0.25) is 4.90 Å². The first kappa shape index (κ1) is 11.4. The molecule has 0 aliphatic rings. The fourth-order valence-electron chi connectivity index (χ4n) is 1.26. The van der Waals surface area contributed by atoms with Crippen LogP contribution >= 0.6 is 0 Å². The summed E-state index contributed by atoms with van der Waals surface area (Å²) >= 11 is 0. The molecule has 0 atom stereocenters. The summed E-state index contributed by atoms with van der Waals surface area (Å²) in [4.78, 5) is 11.8. The van der Waals surface area contributed by atoms with Gasteiger partial charge in [0.15, 0.2) is 11.6 Å². The van der Waals surface area contributed by atoms with E-state index in [1.807, 2.05) is 0 Å². The van der Waals surface area contributed by atoms with Gasteiger partial charge < -0.3 is 5.11 Å². The lowest BCUT2D eigenvalue weighted by Gasteiger charge is -2.23. The van der Waals surface area contributed by atoms with Crippen LogP contribution in [0.15, 0.2) is 18.2 Å². The molecule has 0 aliphatic heterocycles. The second-order valence-corrected chi connectivity index (χ2v) is 3.34. The minimum absolute atomic E-state index is 0.122. The quantitative estimate of drug-likeness (QED) is 0.824. The maximum absolute atomic E-state index is 12.9. The third kappa shape index (κ3) is 2.43. The molecule has 0 saturated heterocycles. The molecule has 1 N–H and O–H groups in total. The van der Waals surface area contributed by atoms with E-state index in [9.17, 15) is 13.6 Å². The monoisotopic (exact) mass is 215 g/mol. The first-order valence-corrected chi connectivity index (χ1v) is 4.40. The highest BCUT2D eigenvalue weighted by atomic mass is 19.2. The van der Waals surface area contributed by atoms with Crippen LogP contribution in [0, 0.1) is 11.6 Å². The number of rotatable bonds is 2. The van der Waals surface area contributed by atoms with Gasteiger partial charge in [-0.05, 0) is 26.0 Å². The summed E-state index contributed by atoms with van der Waals surface area (Å²) < 4.78 is 25.5. The summed E-state index contributed by atoms with van der Waals surface area (Å²) in [5.41, 5.74) is 0.122. The van der Waals surface area contributed by atoms with Crippen molar-refractivity contribution in [1.29, 1.82) is 0 Å². The average Bonchev–Trinajstić information content (AvgIpc) is 2.10. The van der Waals surface area contributed by atoms with Crippen molar-refractivity contribution in [2.24, 2.45) is 0 Å². The van der Waals surface area contributed by atoms with Gasteiger partial charge in [0, 0.05) is 12.1 Å². The smallest absolute Gasteiger partial charge is 0.412 e. The Bertz CT molecular complexity index is 380. The lowest BCUT2D eigenvalue weighted by molar-refractivity contribution is 0.200. The molecule has 15 heavy (non-hydrogen) atoms. The maximum Gasteiger partial charge on any atom is 0.412 e. The van der Waals surface area contributed by atoms with E-state index in [1.165, 1.54) is 6.07 Å². The average molecular weight is 215 g/mol. The molecule has 0 spiro atoms. The number of hydrogen-bond acceptors (Lipinski definition) is 1. The molecule has 0 bridgehead atoms. The van der Waals surface area contributed by atoms with Gasteiger partial charge in [0.2, 0.25) is 0 Å². The zero-order valence-corrected chi connectivity index (χ0v) is 8.37. The van der Waals surface area contributed by atoms with E-state index < -0.39 is 17.7 Å². The third-order valence-electron chi connectivity index (χ3n) is 1.90. The van der Waals surface area contributed by atoms with E-state index in [-0.39, 0.29) is 11.7 Å². The molecule has 1 aromatic carbocycles. The highest BCUT2D eigenvalue weighted by Gasteiger charge is 2.18. The predicted octanol–water partition coefficient (Wildman–Crippen LogP) is 2.86. The van der Waals surface area contributed by atoms with Crippen LogP contribution in [0.4, 0.5) is 19.3 Å². The third-order valence-corrected chi connectivity index (χ3v) is 1.90. The summed E-state index contributed by atoms with van der Waals surface area (Å²) in [7, 11) is 0. The van der Waals surface area contributed by atoms with E-state index >= 15 is 0 Å².